The van der Waals surface area contributed by atoms with Gasteiger partial charge in [-0.1, -0.05) is 23.7 Å². The number of fused-ring (bicyclic) bond motifs is 1. The number of rotatable bonds is 5. The maximum absolute atomic E-state index is 12.9. The maximum Gasteiger partial charge on any atom is 0.258 e. The van der Waals surface area contributed by atoms with Crippen LogP contribution < -0.4 is 20.8 Å². The van der Waals surface area contributed by atoms with Crippen molar-refractivity contribution in [3.05, 3.63) is 69.6 Å². The van der Waals surface area contributed by atoms with Crippen molar-refractivity contribution >= 4 is 22.4 Å². The van der Waals surface area contributed by atoms with E-state index in [1.54, 1.807) is 23.9 Å². The van der Waals surface area contributed by atoms with Crippen molar-refractivity contribution in [1.82, 2.24) is 4.57 Å². The zero-order valence-corrected chi connectivity index (χ0v) is 16.5. The summed E-state index contributed by atoms with van der Waals surface area (Å²) < 4.78 is 12.9. The molecule has 0 spiro atoms. The van der Waals surface area contributed by atoms with Gasteiger partial charge < -0.3 is 19.8 Å². The van der Waals surface area contributed by atoms with Crippen LogP contribution in [-0.4, -0.2) is 23.8 Å². The summed E-state index contributed by atoms with van der Waals surface area (Å²) in [5.74, 6) is 1.40. The molecule has 146 valence electrons. The van der Waals surface area contributed by atoms with E-state index in [2.05, 4.69) is 0 Å². The predicted octanol–water partition coefficient (Wildman–Crippen LogP) is 3.97. The molecular formula is C22H23ClN2O3. The summed E-state index contributed by atoms with van der Waals surface area (Å²) in [5, 5.41) is 1.85. The monoisotopic (exact) mass is 398 g/mol. The first-order chi connectivity index (χ1) is 13.5. The van der Waals surface area contributed by atoms with Crippen LogP contribution in [0.3, 0.4) is 0 Å². The van der Waals surface area contributed by atoms with Crippen LogP contribution in [0.15, 0.2) is 53.5 Å². The molecule has 0 aliphatic heterocycles. The number of hydrogen-bond acceptors (Lipinski definition) is 4. The number of methoxy groups -OCH3 is 1. The number of pyridine rings is 1. The second-order valence-electron chi connectivity index (χ2n) is 7.28. The first-order valence-corrected chi connectivity index (χ1v) is 9.79. The predicted molar refractivity (Wildman–Crippen MR) is 112 cm³/mol. The molecule has 1 aliphatic carbocycles. The summed E-state index contributed by atoms with van der Waals surface area (Å²) in [4.78, 5) is 12.9. The summed E-state index contributed by atoms with van der Waals surface area (Å²) in [7, 11) is 1.63. The summed E-state index contributed by atoms with van der Waals surface area (Å²) in [5.41, 5.74) is 6.90. The quantitative estimate of drug-likeness (QED) is 0.706. The molecular weight excluding hydrogens is 376 g/mol. The van der Waals surface area contributed by atoms with Crippen molar-refractivity contribution in [3.8, 4) is 11.5 Å². The van der Waals surface area contributed by atoms with Crippen LogP contribution in [0, 0.1) is 0 Å². The Kier molecular flexibility index (Phi) is 5.29. The Morgan fingerprint density at radius 2 is 1.96 bits per heavy atom. The first-order valence-electron chi connectivity index (χ1n) is 9.41. The van der Waals surface area contributed by atoms with E-state index in [0.29, 0.717) is 22.7 Å². The Hall–Kier alpha value is -2.50. The van der Waals surface area contributed by atoms with Crippen LogP contribution in [-0.2, 0) is 6.54 Å². The van der Waals surface area contributed by atoms with E-state index in [-0.39, 0.29) is 17.7 Å². The highest BCUT2D eigenvalue weighted by atomic mass is 35.5. The van der Waals surface area contributed by atoms with Crippen LogP contribution in [0.2, 0.25) is 5.02 Å². The van der Waals surface area contributed by atoms with Gasteiger partial charge in [-0.05, 0) is 60.5 Å². The molecule has 1 heterocycles. The highest BCUT2D eigenvalue weighted by Crippen LogP contribution is 2.32. The van der Waals surface area contributed by atoms with Crippen LogP contribution >= 0.6 is 11.6 Å². The van der Waals surface area contributed by atoms with Gasteiger partial charge in [0.05, 0.1) is 18.7 Å². The van der Waals surface area contributed by atoms with Crippen LogP contribution in [0.1, 0.15) is 24.8 Å². The standard InChI is InChI=1S/C22H23ClN2O3/c1-27-17-5-2-14(3-6-17)13-25-9-8-15-10-21(20(23)12-19(15)22(25)26)28-18-7-4-16(24)11-18/h2-3,5-6,8-10,12,16,18H,4,7,11,13,24H2,1H3/t16-,18-/m0/s1. The van der Waals surface area contributed by atoms with Gasteiger partial charge >= 0.3 is 0 Å². The minimum absolute atomic E-state index is 0.0790. The van der Waals surface area contributed by atoms with Crippen molar-refractivity contribution < 1.29 is 9.47 Å². The molecule has 3 aromatic rings. The van der Waals surface area contributed by atoms with E-state index in [4.69, 9.17) is 26.8 Å². The number of hydrogen-bond donors (Lipinski definition) is 1. The maximum atomic E-state index is 12.9. The molecule has 0 bridgehead atoms. The van der Waals surface area contributed by atoms with Gasteiger partial charge in [0.25, 0.3) is 5.56 Å². The summed E-state index contributed by atoms with van der Waals surface area (Å²) >= 11 is 6.42. The topological polar surface area (TPSA) is 66.5 Å². The lowest BCUT2D eigenvalue weighted by atomic mass is 10.1. The van der Waals surface area contributed by atoms with Gasteiger partial charge in [0.1, 0.15) is 17.6 Å². The van der Waals surface area contributed by atoms with Gasteiger partial charge in [0, 0.05) is 17.6 Å². The molecule has 1 saturated carbocycles. The second kappa shape index (κ2) is 7.86. The fraction of sp³-hybridized carbons (Fsp3) is 0.318. The average Bonchev–Trinajstić information content (AvgIpc) is 3.11. The zero-order valence-electron chi connectivity index (χ0n) is 15.7. The number of nitrogens with zero attached hydrogens (tertiary/aromatic N) is 1. The molecule has 0 saturated heterocycles. The molecule has 4 rings (SSSR count). The summed E-state index contributed by atoms with van der Waals surface area (Å²) in [6.07, 6.45) is 4.61. The third-order valence-corrected chi connectivity index (χ3v) is 5.56. The molecule has 2 atom stereocenters. The fourth-order valence-electron chi connectivity index (χ4n) is 3.69. The van der Waals surface area contributed by atoms with Crippen LogP contribution in [0.25, 0.3) is 10.8 Å². The Labute approximate surface area is 168 Å². The molecule has 6 heteroatoms. The molecule has 5 nitrogen and oxygen atoms in total. The SMILES string of the molecule is COc1ccc(Cn2ccc3cc(O[C@H]4CC[C@H](N)C4)c(Cl)cc3c2=O)cc1. The highest BCUT2D eigenvalue weighted by Gasteiger charge is 2.24. The Morgan fingerprint density at radius 3 is 2.64 bits per heavy atom. The third-order valence-electron chi connectivity index (χ3n) is 5.26. The van der Waals surface area contributed by atoms with E-state index >= 15 is 0 Å². The van der Waals surface area contributed by atoms with Gasteiger partial charge in [-0.25, -0.2) is 0 Å². The molecule has 1 fully saturated rings. The summed E-state index contributed by atoms with van der Waals surface area (Å²) in [6, 6.07) is 13.3. The minimum atomic E-state index is -0.0790. The number of benzene rings is 2. The van der Waals surface area contributed by atoms with Gasteiger partial charge in [-0.2, -0.15) is 0 Å². The summed E-state index contributed by atoms with van der Waals surface area (Å²) in [6.45, 7) is 0.481. The van der Waals surface area contributed by atoms with Crippen molar-refractivity contribution in [3.63, 3.8) is 0 Å². The normalized spacial score (nSPS) is 19.1. The molecule has 1 aromatic heterocycles. The van der Waals surface area contributed by atoms with E-state index in [1.165, 1.54) is 0 Å². The molecule has 28 heavy (non-hydrogen) atoms. The molecule has 0 radical (unpaired) electrons. The molecule has 2 N–H and O–H groups in total. The van der Waals surface area contributed by atoms with Crippen molar-refractivity contribution in [2.45, 2.75) is 38.0 Å². The third kappa shape index (κ3) is 3.86. The van der Waals surface area contributed by atoms with Gasteiger partial charge in [0.15, 0.2) is 0 Å². The van der Waals surface area contributed by atoms with E-state index in [1.807, 2.05) is 36.4 Å². The lowest BCUT2D eigenvalue weighted by Crippen LogP contribution is -2.20. The van der Waals surface area contributed by atoms with E-state index in [9.17, 15) is 4.79 Å². The van der Waals surface area contributed by atoms with Gasteiger partial charge in [-0.3, -0.25) is 4.79 Å². The highest BCUT2D eigenvalue weighted by molar-refractivity contribution is 6.32. The van der Waals surface area contributed by atoms with Gasteiger partial charge in [0.2, 0.25) is 0 Å². The first kappa shape index (κ1) is 18.8. The Bertz CT molecular complexity index is 1050. The molecule has 0 amide bonds. The smallest absolute Gasteiger partial charge is 0.258 e. The van der Waals surface area contributed by atoms with Crippen LogP contribution in [0.4, 0.5) is 0 Å². The van der Waals surface area contributed by atoms with Crippen molar-refractivity contribution in [2.75, 3.05) is 7.11 Å². The lowest BCUT2D eigenvalue weighted by Gasteiger charge is -2.16. The number of halogens is 1. The number of aromatic nitrogens is 1. The van der Waals surface area contributed by atoms with Crippen molar-refractivity contribution in [1.29, 1.82) is 0 Å². The zero-order chi connectivity index (χ0) is 19.7. The Balaban J connectivity index is 1.61. The average molecular weight is 399 g/mol. The Morgan fingerprint density at radius 1 is 1.18 bits per heavy atom. The van der Waals surface area contributed by atoms with Gasteiger partial charge in [-0.15, -0.1) is 0 Å². The van der Waals surface area contributed by atoms with Crippen molar-refractivity contribution in [2.24, 2.45) is 5.73 Å². The lowest BCUT2D eigenvalue weighted by molar-refractivity contribution is 0.208. The van der Waals surface area contributed by atoms with Crippen LogP contribution in [0.5, 0.6) is 11.5 Å². The number of nitrogens with two attached hydrogens (primary N) is 1. The number of ether oxygens (including phenoxy) is 2. The largest absolute Gasteiger partial charge is 0.497 e. The molecule has 2 aromatic carbocycles. The van der Waals surface area contributed by atoms with E-state index < -0.39 is 0 Å². The van der Waals surface area contributed by atoms with E-state index in [0.717, 1.165) is 36.0 Å². The fourth-order valence-corrected chi connectivity index (χ4v) is 3.90. The molecule has 0 unspecified atom stereocenters. The second-order valence-corrected chi connectivity index (χ2v) is 7.69. The molecule has 1 aliphatic rings. The minimum Gasteiger partial charge on any atom is -0.497 e.